The molecule has 0 saturated carbocycles. The normalized spacial score (nSPS) is 13.0. The number of halogens is 3. The Hall–Kier alpha value is -0.120. The topological polar surface area (TPSA) is 20.2 Å². The minimum Gasteiger partial charge on any atom is -0.388 e. The number of benzene rings is 1. The third kappa shape index (κ3) is 2.42. The molecule has 0 spiro atoms. The highest BCUT2D eigenvalue weighted by Crippen LogP contribution is 2.30. The van der Waals surface area contributed by atoms with Gasteiger partial charge >= 0.3 is 0 Å². The molecule has 0 bridgehead atoms. The predicted molar refractivity (Wildman–Crippen MR) is 54.4 cm³/mol. The van der Waals surface area contributed by atoms with Gasteiger partial charge in [0.1, 0.15) is 5.82 Å². The van der Waals surface area contributed by atoms with Gasteiger partial charge in [0.2, 0.25) is 0 Å². The van der Waals surface area contributed by atoms with Gasteiger partial charge in [0, 0.05) is 15.1 Å². The van der Waals surface area contributed by atoms with E-state index >= 15 is 0 Å². The van der Waals surface area contributed by atoms with Crippen molar-refractivity contribution < 1.29 is 9.50 Å². The SMILES string of the molecule is CCC(O)c1c(F)cc(Cl)cc1Br. The fraction of sp³-hybridized carbons (Fsp3) is 0.333. The van der Waals surface area contributed by atoms with Crippen molar-refractivity contribution in [3.8, 4) is 0 Å². The van der Waals surface area contributed by atoms with Gasteiger partial charge in [-0.15, -0.1) is 0 Å². The fourth-order valence-electron chi connectivity index (χ4n) is 1.08. The highest BCUT2D eigenvalue weighted by molar-refractivity contribution is 9.10. The first kappa shape index (κ1) is 11.0. The van der Waals surface area contributed by atoms with Gasteiger partial charge in [-0.3, -0.25) is 0 Å². The molecule has 0 aliphatic heterocycles. The van der Waals surface area contributed by atoms with Crippen molar-refractivity contribution in [2.45, 2.75) is 19.4 Å². The molecule has 1 atom stereocenters. The van der Waals surface area contributed by atoms with E-state index < -0.39 is 11.9 Å². The maximum atomic E-state index is 13.3. The van der Waals surface area contributed by atoms with Crippen LogP contribution in [-0.4, -0.2) is 5.11 Å². The molecule has 0 aliphatic rings. The van der Waals surface area contributed by atoms with Crippen LogP contribution in [0.15, 0.2) is 16.6 Å². The van der Waals surface area contributed by atoms with E-state index in [-0.39, 0.29) is 5.56 Å². The summed E-state index contributed by atoms with van der Waals surface area (Å²) in [6.07, 6.45) is -0.316. The van der Waals surface area contributed by atoms with Crippen LogP contribution in [0, 0.1) is 5.82 Å². The standard InChI is InChI=1S/C9H9BrClFO/c1-2-8(13)9-6(10)3-5(11)4-7(9)12/h3-4,8,13H,2H2,1H3. The van der Waals surface area contributed by atoms with E-state index in [0.29, 0.717) is 15.9 Å². The van der Waals surface area contributed by atoms with Crippen LogP contribution in [0.25, 0.3) is 0 Å². The van der Waals surface area contributed by atoms with E-state index in [1.165, 1.54) is 6.07 Å². The molecule has 1 nitrogen and oxygen atoms in total. The van der Waals surface area contributed by atoms with Crippen molar-refractivity contribution in [1.82, 2.24) is 0 Å². The summed E-state index contributed by atoms with van der Waals surface area (Å²) in [6, 6.07) is 2.76. The molecule has 0 aliphatic carbocycles. The zero-order valence-corrected chi connectivity index (χ0v) is 9.36. The molecule has 0 aromatic heterocycles. The molecular weight excluding hydrogens is 258 g/mol. The number of aliphatic hydroxyl groups excluding tert-OH is 1. The zero-order chi connectivity index (χ0) is 10.0. The van der Waals surface area contributed by atoms with Crippen LogP contribution < -0.4 is 0 Å². The van der Waals surface area contributed by atoms with Crippen molar-refractivity contribution in [1.29, 1.82) is 0 Å². The molecule has 0 fully saturated rings. The minimum atomic E-state index is -0.786. The number of rotatable bonds is 2. The minimum absolute atomic E-state index is 0.270. The van der Waals surface area contributed by atoms with Crippen molar-refractivity contribution in [3.63, 3.8) is 0 Å². The van der Waals surface area contributed by atoms with Gasteiger partial charge in [-0.25, -0.2) is 4.39 Å². The van der Waals surface area contributed by atoms with Crippen molar-refractivity contribution in [2.24, 2.45) is 0 Å². The second kappa shape index (κ2) is 4.40. The number of aliphatic hydroxyl groups is 1. The fourth-order valence-corrected chi connectivity index (χ4v) is 2.11. The van der Waals surface area contributed by atoms with Crippen LogP contribution in [-0.2, 0) is 0 Å². The second-order valence-corrected chi connectivity index (χ2v) is 4.00. The lowest BCUT2D eigenvalue weighted by atomic mass is 10.1. The van der Waals surface area contributed by atoms with Gasteiger partial charge in [0.05, 0.1) is 6.10 Å². The average Bonchev–Trinajstić information content (AvgIpc) is 2.02. The summed E-state index contributed by atoms with van der Waals surface area (Å²) in [5.41, 5.74) is 0.270. The van der Waals surface area contributed by atoms with Gasteiger partial charge in [0.25, 0.3) is 0 Å². The van der Waals surface area contributed by atoms with Crippen LogP contribution >= 0.6 is 27.5 Å². The largest absolute Gasteiger partial charge is 0.388 e. The van der Waals surface area contributed by atoms with E-state index in [9.17, 15) is 9.50 Å². The molecular formula is C9H9BrClFO. The van der Waals surface area contributed by atoms with Crippen LogP contribution in [0.4, 0.5) is 4.39 Å². The lowest BCUT2D eigenvalue weighted by Crippen LogP contribution is -2.00. The van der Waals surface area contributed by atoms with Crippen molar-refractivity contribution >= 4 is 27.5 Å². The van der Waals surface area contributed by atoms with Gasteiger partial charge in [-0.1, -0.05) is 34.5 Å². The predicted octanol–water partition coefficient (Wildman–Crippen LogP) is 3.69. The lowest BCUT2D eigenvalue weighted by molar-refractivity contribution is 0.168. The molecule has 0 radical (unpaired) electrons. The monoisotopic (exact) mass is 266 g/mol. The van der Waals surface area contributed by atoms with Gasteiger partial charge < -0.3 is 5.11 Å². The van der Waals surface area contributed by atoms with Gasteiger partial charge in [-0.05, 0) is 18.6 Å². The Kier molecular flexibility index (Phi) is 3.71. The summed E-state index contributed by atoms with van der Waals surface area (Å²) in [6.45, 7) is 1.78. The molecule has 1 aromatic carbocycles. The van der Waals surface area contributed by atoms with E-state index in [1.807, 2.05) is 0 Å². The van der Waals surface area contributed by atoms with Crippen LogP contribution in [0.1, 0.15) is 25.0 Å². The number of hydrogen-bond acceptors (Lipinski definition) is 1. The quantitative estimate of drug-likeness (QED) is 0.866. The Morgan fingerprint density at radius 2 is 2.23 bits per heavy atom. The molecule has 1 N–H and O–H groups in total. The molecule has 0 heterocycles. The van der Waals surface area contributed by atoms with E-state index in [2.05, 4.69) is 15.9 Å². The summed E-state index contributed by atoms with van der Waals surface area (Å²) < 4.78 is 13.8. The Bertz CT molecular complexity index is 293. The molecule has 1 rings (SSSR count). The van der Waals surface area contributed by atoms with Crippen LogP contribution in [0.5, 0.6) is 0 Å². The summed E-state index contributed by atoms with van der Waals surface area (Å²) in [7, 11) is 0. The third-order valence-electron chi connectivity index (χ3n) is 1.76. The van der Waals surface area contributed by atoms with Gasteiger partial charge in [-0.2, -0.15) is 0 Å². The highest BCUT2D eigenvalue weighted by Gasteiger charge is 2.15. The van der Waals surface area contributed by atoms with Gasteiger partial charge in [0.15, 0.2) is 0 Å². The first-order valence-corrected chi connectivity index (χ1v) is 5.05. The van der Waals surface area contributed by atoms with Crippen molar-refractivity contribution in [2.75, 3.05) is 0 Å². The zero-order valence-electron chi connectivity index (χ0n) is 7.02. The lowest BCUT2D eigenvalue weighted by Gasteiger charge is -2.11. The Labute approximate surface area is 89.7 Å². The molecule has 1 aromatic rings. The summed E-state index contributed by atoms with van der Waals surface area (Å²) >= 11 is 8.77. The Morgan fingerprint density at radius 3 is 2.69 bits per heavy atom. The summed E-state index contributed by atoms with van der Waals surface area (Å²) in [5, 5.41) is 9.78. The maximum absolute atomic E-state index is 13.3. The smallest absolute Gasteiger partial charge is 0.131 e. The molecule has 4 heteroatoms. The summed E-state index contributed by atoms with van der Waals surface area (Å²) in [5.74, 6) is -0.478. The third-order valence-corrected chi connectivity index (χ3v) is 2.64. The molecule has 1 unspecified atom stereocenters. The Balaban J connectivity index is 3.20. The summed E-state index contributed by atoms with van der Waals surface area (Å²) in [4.78, 5) is 0. The number of hydrogen-bond donors (Lipinski definition) is 1. The first-order chi connectivity index (χ1) is 6.06. The molecule has 0 amide bonds. The van der Waals surface area contributed by atoms with Crippen LogP contribution in [0.2, 0.25) is 5.02 Å². The molecule has 72 valence electrons. The van der Waals surface area contributed by atoms with Crippen LogP contribution in [0.3, 0.4) is 0 Å². The molecule has 13 heavy (non-hydrogen) atoms. The van der Waals surface area contributed by atoms with Crippen molar-refractivity contribution in [3.05, 3.63) is 33.0 Å². The van der Waals surface area contributed by atoms with E-state index in [0.717, 1.165) is 0 Å². The highest BCUT2D eigenvalue weighted by atomic mass is 79.9. The maximum Gasteiger partial charge on any atom is 0.131 e. The van der Waals surface area contributed by atoms with E-state index in [1.54, 1.807) is 13.0 Å². The first-order valence-electron chi connectivity index (χ1n) is 3.88. The molecule has 0 saturated heterocycles. The average molecular weight is 268 g/mol. The van der Waals surface area contributed by atoms with E-state index in [4.69, 9.17) is 11.6 Å². The second-order valence-electron chi connectivity index (χ2n) is 2.71. The Morgan fingerprint density at radius 1 is 1.62 bits per heavy atom.